The maximum atomic E-state index is 11.4. The van der Waals surface area contributed by atoms with Gasteiger partial charge in [0.15, 0.2) is 11.7 Å². The number of hydrogen-bond acceptors (Lipinski definition) is 8. The molecule has 0 radical (unpaired) electrons. The minimum atomic E-state index is -1.48. The van der Waals surface area contributed by atoms with E-state index in [1.807, 2.05) is 5.32 Å². The van der Waals surface area contributed by atoms with Gasteiger partial charge in [-0.1, -0.05) is 19.9 Å². The van der Waals surface area contributed by atoms with Crippen molar-refractivity contribution < 1.29 is 44.1 Å². The largest absolute Gasteiger partial charge is 0.481 e. The number of nitrogens with zero attached hydrogens (tertiary/aromatic N) is 1. The number of aliphatic hydroxyl groups is 1. The van der Waals surface area contributed by atoms with Gasteiger partial charge in [-0.2, -0.15) is 0 Å². The molecule has 0 heterocycles. The van der Waals surface area contributed by atoms with Crippen molar-refractivity contribution in [3.63, 3.8) is 0 Å². The minimum absolute atomic E-state index is 0.164. The highest BCUT2D eigenvalue weighted by Gasteiger charge is 2.19. The number of Topliss-reactive ketones (excluding diaryl/α,β-unsaturated/α-hetero) is 1. The molecule has 0 aromatic rings. The second kappa shape index (κ2) is 20.9. The second-order valence-corrected chi connectivity index (χ2v) is 6.36. The second-order valence-electron chi connectivity index (χ2n) is 6.36. The van der Waals surface area contributed by atoms with Gasteiger partial charge in [0.25, 0.3) is 5.97 Å². The average Bonchev–Trinajstić information content (AvgIpc) is 2.70. The molecule has 15 heteroatoms. The van der Waals surface area contributed by atoms with Gasteiger partial charge in [-0.25, -0.2) is 4.79 Å². The molecule has 0 unspecified atom stereocenters. The normalized spacial score (nSPS) is 9.88. The minimum Gasteiger partial charge on any atom is -0.481 e. The summed E-state index contributed by atoms with van der Waals surface area (Å²) < 4.78 is 0. The number of carboxylic acid groups (broad SMARTS) is 2. The van der Waals surface area contributed by atoms with Gasteiger partial charge in [-0.3, -0.25) is 29.0 Å². The first-order valence-corrected chi connectivity index (χ1v) is 9.82. The zero-order valence-corrected chi connectivity index (χ0v) is 19.4. The van der Waals surface area contributed by atoms with Gasteiger partial charge in [0, 0.05) is 20.4 Å². The van der Waals surface area contributed by atoms with Crippen LogP contribution in [-0.2, 0) is 28.8 Å². The van der Waals surface area contributed by atoms with E-state index in [9.17, 15) is 24.0 Å². The van der Waals surface area contributed by atoms with E-state index in [1.54, 1.807) is 0 Å². The number of aliphatic imine (C=N–C) groups is 1. The van der Waals surface area contributed by atoms with Crippen molar-refractivity contribution in [2.45, 2.75) is 46.1 Å². The van der Waals surface area contributed by atoms with Gasteiger partial charge >= 0.3 is 5.97 Å². The van der Waals surface area contributed by atoms with Gasteiger partial charge in [0.2, 0.25) is 17.7 Å². The lowest BCUT2D eigenvalue weighted by molar-refractivity contribution is -0.142. The summed E-state index contributed by atoms with van der Waals surface area (Å²) in [7, 11) is 0. The van der Waals surface area contributed by atoms with Crippen LogP contribution in [0.3, 0.4) is 0 Å². The summed E-state index contributed by atoms with van der Waals surface area (Å²) in [6, 6.07) is -1.48. The standard InChI is InChI=1S/C12H17N3O7.C5H13N3.C2H4O2/c1-6(7(2)17)14-10(19)3-9(18)13-4-11(20)15-8(5-16)12(21)22;1-2-3-4-8-5(6)7;1-2(3)4/h8,16H,1,3-5H2,2H3,(H,13,18)(H,14,19)(H,15,20)(H,21,22);2-4H2,1H3,(H4,6,7,8);1H3,(H,3,4)/t8-;;/m0../s1. The van der Waals surface area contributed by atoms with Crippen LogP contribution in [0.2, 0.25) is 0 Å². The molecule has 34 heavy (non-hydrogen) atoms. The number of nitrogens with two attached hydrogens (primary N) is 2. The Morgan fingerprint density at radius 2 is 1.53 bits per heavy atom. The van der Waals surface area contributed by atoms with Gasteiger partial charge in [-0.15, -0.1) is 0 Å². The average molecular weight is 491 g/mol. The molecule has 0 rings (SSSR count). The van der Waals surface area contributed by atoms with Gasteiger partial charge in [0.05, 0.1) is 18.8 Å². The first kappa shape index (κ1) is 34.6. The summed E-state index contributed by atoms with van der Waals surface area (Å²) in [5.74, 6) is -4.96. The van der Waals surface area contributed by atoms with Crippen LogP contribution in [-0.4, -0.2) is 82.5 Å². The number of carboxylic acids is 2. The molecule has 0 aromatic carbocycles. The van der Waals surface area contributed by atoms with E-state index < -0.39 is 61.1 Å². The third kappa shape index (κ3) is 26.0. The van der Waals surface area contributed by atoms with Crippen molar-refractivity contribution in [3.8, 4) is 0 Å². The van der Waals surface area contributed by atoms with E-state index in [1.165, 1.54) is 6.92 Å². The highest BCUT2D eigenvalue weighted by molar-refractivity contribution is 6.02. The maximum Gasteiger partial charge on any atom is 0.328 e. The topological polar surface area (TPSA) is 264 Å². The molecule has 0 saturated carbocycles. The number of aliphatic hydroxyl groups excluding tert-OH is 1. The number of rotatable bonds is 12. The Bertz CT molecular complexity index is 745. The van der Waals surface area contributed by atoms with E-state index in [4.69, 9.17) is 31.6 Å². The Morgan fingerprint density at radius 3 is 1.91 bits per heavy atom. The third-order valence-corrected chi connectivity index (χ3v) is 3.10. The number of carbonyl (C=O) groups excluding carboxylic acids is 4. The third-order valence-electron chi connectivity index (χ3n) is 3.10. The number of unbranched alkanes of at least 4 members (excludes halogenated alkanes) is 1. The van der Waals surface area contributed by atoms with Crippen LogP contribution in [0.15, 0.2) is 17.3 Å². The van der Waals surface area contributed by atoms with Crippen LogP contribution in [0.25, 0.3) is 0 Å². The number of aliphatic carboxylic acids is 2. The fourth-order valence-corrected chi connectivity index (χ4v) is 1.48. The Labute approximate surface area is 196 Å². The molecule has 194 valence electrons. The first-order valence-electron chi connectivity index (χ1n) is 9.82. The van der Waals surface area contributed by atoms with E-state index in [0.717, 1.165) is 26.3 Å². The van der Waals surface area contributed by atoms with Gasteiger partial charge in [-0.05, 0) is 6.42 Å². The fourth-order valence-electron chi connectivity index (χ4n) is 1.48. The number of carbonyl (C=O) groups is 6. The summed E-state index contributed by atoms with van der Waals surface area (Å²) in [6.45, 7) is 7.04. The number of nitrogens with one attached hydrogen (secondary N) is 3. The Morgan fingerprint density at radius 1 is 1.00 bits per heavy atom. The van der Waals surface area contributed by atoms with Crippen LogP contribution in [0, 0.1) is 0 Å². The van der Waals surface area contributed by atoms with Crippen LogP contribution in [0.5, 0.6) is 0 Å². The number of guanidine groups is 1. The van der Waals surface area contributed by atoms with Crippen molar-refractivity contribution in [3.05, 3.63) is 12.3 Å². The molecule has 0 aliphatic carbocycles. The van der Waals surface area contributed by atoms with Crippen LogP contribution in [0.1, 0.15) is 40.0 Å². The highest BCUT2D eigenvalue weighted by atomic mass is 16.4. The molecule has 0 saturated heterocycles. The van der Waals surface area contributed by atoms with Crippen molar-refractivity contribution >= 4 is 41.4 Å². The predicted octanol–water partition coefficient (Wildman–Crippen LogP) is -2.58. The fraction of sp³-hybridized carbons (Fsp3) is 0.526. The Balaban J connectivity index is -0.000000657. The van der Waals surface area contributed by atoms with Crippen LogP contribution >= 0.6 is 0 Å². The number of ketones is 1. The van der Waals surface area contributed by atoms with Crippen molar-refractivity contribution in [2.75, 3.05) is 19.7 Å². The quantitative estimate of drug-likeness (QED) is 0.0463. The number of allylic oxidation sites excluding steroid dienone is 1. The summed E-state index contributed by atoms with van der Waals surface area (Å²) in [6.07, 6.45) is 1.57. The van der Waals surface area contributed by atoms with E-state index in [-0.39, 0.29) is 11.7 Å². The number of hydrogen-bond donors (Lipinski definition) is 8. The lowest BCUT2D eigenvalue weighted by Crippen LogP contribution is -2.47. The zero-order valence-electron chi connectivity index (χ0n) is 19.4. The predicted molar refractivity (Wildman–Crippen MR) is 121 cm³/mol. The molecular formula is C19H34N6O9. The van der Waals surface area contributed by atoms with Crippen molar-refractivity contribution in [2.24, 2.45) is 16.5 Å². The molecule has 0 bridgehead atoms. The summed E-state index contributed by atoms with van der Waals surface area (Å²) in [5.41, 5.74) is 9.96. The van der Waals surface area contributed by atoms with E-state index in [0.29, 0.717) is 0 Å². The van der Waals surface area contributed by atoms with Gasteiger partial charge in [0.1, 0.15) is 12.5 Å². The van der Waals surface area contributed by atoms with E-state index >= 15 is 0 Å². The lowest BCUT2D eigenvalue weighted by atomic mass is 10.3. The highest BCUT2D eigenvalue weighted by Crippen LogP contribution is 1.89. The van der Waals surface area contributed by atoms with Gasteiger partial charge < -0.3 is 42.7 Å². The summed E-state index contributed by atoms with van der Waals surface area (Å²) in [5, 5.41) is 30.9. The molecule has 10 N–H and O–H groups in total. The molecule has 0 fully saturated rings. The van der Waals surface area contributed by atoms with Crippen LogP contribution in [0.4, 0.5) is 0 Å². The molecule has 0 aliphatic rings. The van der Waals surface area contributed by atoms with Crippen LogP contribution < -0.4 is 27.4 Å². The smallest absolute Gasteiger partial charge is 0.328 e. The molecule has 0 aromatic heterocycles. The maximum absolute atomic E-state index is 11.4. The monoisotopic (exact) mass is 490 g/mol. The molecular weight excluding hydrogens is 456 g/mol. The molecule has 0 aliphatic heterocycles. The Kier molecular flexibility index (Phi) is 21.2. The van der Waals surface area contributed by atoms with Crippen molar-refractivity contribution in [1.29, 1.82) is 0 Å². The Hall–Kier alpha value is -4.01. The molecule has 3 amide bonds. The SMILES string of the molecule is C=C(NC(=O)CC(=O)NCC(=O)N[C@@H](CO)C(=O)O)C(C)=O.CC(=O)O.CCCCN=C(N)N. The van der Waals surface area contributed by atoms with Crippen molar-refractivity contribution in [1.82, 2.24) is 16.0 Å². The summed E-state index contributed by atoms with van der Waals surface area (Å²) >= 11 is 0. The zero-order chi connectivity index (χ0) is 27.3. The van der Waals surface area contributed by atoms with E-state index in [2.05, 4.69) is 29.1 Å². The molecule has 15 nitrogen and oxygen atoms in total. The number of amides is 3. The molecule has 0 spiro atoms. The molecule has 1 atom stereocenters. The summed E-state index contributed by atoms with van der Waals surface area (Å²) in [4.78, 5) is 68.2. The lowest BCUT2D eigenvalue weighted by Gasteiger charge is -2.12. The first-order chi connectivity index (χ1) is 15.7.